The van der Waals surface area contributed by atoms with Gasteiger partial charge in [-0.15, -0.1) is 0 Å². The van der Waals surface area contributed by atoms with Crippen LogP contribution in [0.1, 0.15) is 16.1 Å². The van der Waals surface area contributed by atoms with E-state index in [2.05, 4.69) is 15.0 Å². The maximum atomic E-state index is 12.3. The lowest BCUT2D eigenvalue weighted by Crippen LogP contribution is -2.12. The minimum Gasteiger partial charge on any atom is -0.351 e. The summed E-state index contributed by atoms with van der Waals surface area (Å²) in [7, 11) is -3.32. The number of carbonyl (C=O) groups excluding carboxylic acids is 1. The summed E-state index contributed by atoms with van der Waals surface area (Å²) in [4.78, 5) is 15.4. The third-order valence-corrected chi connectivity index (χ3v) is 4.08. The summed E-state index contributed by atoms with van der Waals surface area (Å²) in [6, 6.07) is 14.2. The highest BCUT2D eigenvalue weighted by atomic mass is 32.2. The van der Waals surface area contributed by atoms with Gasteiger partial charge in [-0.3, -0.25) is 9.52 Å². The Morgan fingerprint density at radius 3 is 2.33 bits per heavy atom. The summed E-state index contributed by atoms with van der Waals surface area (Å²) in [5.41, 5.74) is 3.51. The summed E-state index contributed by atoms with van der Waals surface area (Å²) >= 11 is 0. The molecule has 0 atom stereocenters. The Kier molecular flexibility index (Phi) is 4.02. The van der Waals surface area contributed by atoms with Gasteiger partial charge in [-0.05, 0) is 48.9 Å². The Labute approximate surface area is 139 Å². The van der Waals surface area contributed by atoms with E-state index in [1.165, 1.54) is 0 Å². The van der Waals surface area contributed by atoms with Crippen molar-refractivity contribution in [1.29, 1.82) is 0 Å². The van der Waals surface area contributed by atoms with Crippen LogP contribution in [0.3, 0.4) is 0 Å². The number of hydrogen-bond acceptors (Lipinski definition) is 3. The van der Waals surface area contributed by atoms with E-state index < -0.39 is 10.0 Å². The number of hydrogen-bond donors (Lipinski definition) is 3. The first-order valence-corrected chi connectivity index (χ1v) is 9.18. The SMILES string of the molecule is Cc1ccc2cc(C(=O)Nc3ccc(NS(C)(=O)=O)cc3)[nH]c2c1. The number of sulfonamides is 1. The highest BCUT2D eigenvalue weighted by molar-refractivity contribution is 7.92. The Morgan fingerprint density at radius 1 is 1.00 bits per heavy atom. The molecular formula is C17H17N3O3S. The van der Waals surface area contributed by atoms with Crippen molar-refractivity contribution < 1.29 is 13.2 Å². The molecule has 3 aromatic rings. The van der Waals surface area contributed by atoms with Crippen molar-refractivity contribution in [2.24, 2.45) is 0 Å². The number of carbonyl (C=O) groups is 1. The van der Waals surface area contributed by atoms with Crippen LogP contribution in [0.4, 0.5) is 11.4 Å². The molecule has 1 amide bonds. The fourth-order valence-corrected chi connectivity index (χ4v) is 2.96. The van der Waals surface area contributed by atoms with Gasteiger partial charge in [-0.1, -0.05) is 12.1 Å². The van der Waals surface area contributed by atoms with Crippen LogP contribution in [0.2, 0.25) is 0 Å². The van der Waals surface area contributed by atoms with Crippen molar-refractivity contribution in [2.75, 3.05) is 16.3 Å². The average molecular weight is 343 g/mol. The largest absolute Gasteiger partial charge is 0.351 e. The minimum atomic E-state index is -3.32. The van der Waals surface area contributed by atoms with Crippen molar-refractivity contribution in [1.82, 2.24) is 4.98 Å². The zero-order chi connectivity index (χ0) is 17.3. The molecule has 6 nitrogen and oxygen atoms in total. The Hall–Kier alpha value is -2.80. The third kappa shape index (κ3) is 3.75. The summed E-state index contributed by atoms with van der Waals surface area (Å²) in [6.45, 7) is 1.99. The van der Waals surface area contributed by atoms with Crippen molar-refractivity contribution in [3.63, 3.8) is 0 Å². The van der Waals surface area contributed by atoms with Crippen LogP contribution in [0.15, 0.2) is 48.5 Å². The van der Waals surface area contributed by atoms with Crippen LogP contribution in [0, 0.1) is 6.92 Å². The first-order chi connectivity index (χ1) is 11.3. The van der Waals surface area contributed by atoms with Gasteiger partial charge in [-0.2, -0.15) is 0 Å². The molecule has 3 rings (SSSR count). The zero-order valence-electron chi connectivity index (χ0n) is 13.3. The van der Waals surface area contributed by atoms with Crippen LogP contribution in [-0.4, -0.2) is 25.6 Å². The lowest BCUT2D eigenvalue weighted by molar-refractivity contribution is 0.102. The molecule has 24 heavy (non-hydrogen) atoms. The van der Waals surface area contributed by atoms with E-state index in [9.17, 15) is 13.2 Å². The summed E-state index contributed by atoms with van der Waals surface area (Å²) < 4.78 is 24.7. The number of aromatic amines is 1. The van der Waals surface area contributed by atoms with Crippen LogP contribution in [-0.2, 0) is 10.0 Å². The van der Waals surface area contributed by atoms with Gasteiger partial charge in [0.05, 0.1) is 6.26 Å². The van der Waals surface area contributed by atoms with Gasteiger partial charge in [0.2, 0.25) is 10.0 Å². The molecule has 0 radical (unpaired) electrons. The van der Waals surface area contributed by atoms with E-state index in [-0.39, 0.29) is 5.91 Å². The molecule has 0 aliphatic carbocycles. The lowest BCUT2D eigenvalue weighted by Gasteiger charge is -2.06. The molecule has 1 aromatic heterocycles. The number of anilines is 2. The molecule has 0 saturated heterocycles. The quantitative estimate of drug-likeness (QED) is 0.680. The first-order valence-electron chi connectivity index (χ1n) is 7.29. The average Bonchev–Trinajstić information content (AvgIpc) is 2.91. The molecule has 3 N–H and O–H groups in total. The summed E-state index contributed by atoms with van der Waals surface area (Å²) in [6.07, 6.45) is 1.08. The monoisotopic (exact) mass is 343 g/mol. The number of H-pyrrole nitrogens is 1. The second-order valence-electron chi connectivity index (χ2n) is 5.68. The normalized spacial score (nSPS) is 11.4. The van der Waals surface area contributed by atoms with Gasteiger partial charge in [0.15, 0.2) is 0 Å². The van der Waals surface area contributed by atoms with Crippen LogP contribution < -0.4 is 10.0 Å². The molecular weight excluding hydrogens is 326 g/mol. The first kappa shape index (κ1) is 16.1. The maximum absolute atomic E-state index is 12.3. The van der Waals surface area contributed by atoms with E-state index in [1.54, 1.807) is 30.3 Å². The van der Waals surface area contributed by atoms with E-state index in [1.807, 2.05) is 25.1 Å². The Bertz CT molecular complexity index is 1010. The minimum absolute atomic E-state index is 0.257. The molecule has 2 aromatic carbocycles. The van der Waals surface area contributed by atoms with Gasteiger partial charge in [-0.25, -0.2) is 8.42 Å². The van der Waals surface area contributed by atoms with Crippen LogP contribution >= 0.6 is 0 Å². The molecule has 0 aliphatic rings. The van der Waals surface area contributed by atoms with E-state index in [0.29, 0.717) is 17.1 Å². The number of nitrogens with one attached hydrogen (secondary N) is 3. The highest BCUT2D eigenvalue weighted by Crippen LogP contribution is 2.19. The second kappa shape index (κ2) is 6.01. The van der Waals surface area contributed by atoms with Crippen molar-refractivity contribution in [3.05, 3.63) is 59.8 Å². The van der Waals surface area contributed by atoms with E-state index in [4.69, 9.17) is 0 Å². The fourth-order valence-electron chi connectivity index (χ4n) is 2.40. The fraction of sp³-hybridized carbons (Fsp3) is 0.118. The van der Waals surface area contributed by atoms with E-state index in [0.717, 1.165) is 22.7 Å². The summed E-state index contributed by atoms with van der Waals surface area (Å²) in [5, 5.41) is 3.75. The number of fused-ring (bicyclic) bond motifs is 1. The predicted octanol–water partition coefficient (Wildman–Crippen LogP) is 3.10. The molecule has 0 unspecified atom stereocenters. The summed E-state index contributed by atoms with van der Waals surface area (Å²) in [5.74, 6) is -0.257. The molecule has 0 aliphatic heterocycles. The number of aromatic nitrogens is 1. The highest BCUT2D eigenvalue weighted by Gasteiger charge is 2.10. The molecule has 0 bridgehead atoms. The van der Waals surface area contributed by atoms with E-state index >= 15 is 0 Å². The lowest BCUT2D eigenvalue weighted by atomic mass is 10.2. The number of benzene rings is 2. The molecule has 0 fully saturated rings. The predicted molar refractivity (Wildman–Crippen MR) is 95.9 cm³/mol. The number of rotatable bonds is 4. The zero-order valence-corrected chi connectivity index (χ0v) is 14.1. The molecule has 0 saturated carbocycles. The second-order valence-corrected chi connectivity index (χ2v) is 7.43. The molecule has 124 valence electrons. The van der Waals surface area contributed by atoms with Gasteiger partial charge in [0.25, 0.3) is 5.91 Å². The van der Waals surface area contributed by atoms with Crippen molar-refractivity contribution in [3.8, 4) is 0 Å². The Balaban J connectivity index is 1.76. The molecule has 7 heteroatoms. The Morgan fingerprint density at radius 2 is 1.67 bits per heavy atom. The molecule has 0 spiro atoms. The van der Waals surface area contributed by atoms with Gasteiger partial charge in [0.1, 0.15) is 5.69 Å². The maximum Gasteiger partial charge on any atom is 0.272 e. The smallest absolute Gasteiger partial charge is 0.272 e. The number of aryl methyl sites for hydroxylation is 1. The number of amides is 1. The third-order valence-electron chi connectivity index (χ3n) is 3.47. The van der Waals surface area contributed by atoms with Crippen molar-refractivity contribution in [2.45, 2.75) is 6.92 Å². The van der Waals surface area contributed by atoms with Gasteiger partial charge < -0.3 is 10.3 Å². The van der Waals surface area contributed by atoms with Crippen molar-refractivity contribution >= 4 is 38.2 Å². The van der Waals surface area contributed by atoms with Crippen LogP contribution in [0.25, 0.3) is 10.9 Å². The standard InChI is InChI=1S/C17H17N3O3S/c1-11-3-4-12-10-16(19-15(12)9-11)17(21)18-13-5-7-14(8-6-13)20-24(2,22)23/h3-10,19-20H,1-2H3,(H,18,21). The van der Waals surface area contributed by atoms with Gasteiger partial charge in [0, 0.05) is 22.3 Å². The van der Waals surface area contributed by atoms with Gasteiger partial charge >= 0.3 is 0 Å². The van der Waals surface area contributed by atoms with Crippen LogP contribution in [0.5, 0.6) is 0 Å². The topological polar surface area (TPSA) is 91.1 Å². The molecule has 1 heterocycles.